The molecule has 0 aliphatic heterocycles. The van der Waals surface area contributed by atoms with E-state index in [1.807, 2.05) is 6.20 Å². The number of benzene rings is 1. The highest BCUT2D eigenvalue weighted by Crippen LogP contribution is 2.16. The van der Waals surface area contributed by atoms with Gasteiger partial charge in [0.15, 0.2) is 0 Å². The Hall–Kier alpha value is -1.74. The fourth-order valence-corrected chi connectivity index (χ4v) is 1.88. The molecule has 0 spiro atoms. The first kappa shape index (κ1) is 11.7. The monoisotopic (exact) mass is 230 g/mol. The minimum absolute atomic E-state index is 0.725. The van der Waals surface area contributed by atoms with Gasteiger partial charge in [0.25, 0.3) is 0 Å². The Morgan fingerprint density at radius 2 is 2.29 bits per heavy atom. The molecule has 0 unspecified atom stereocenters. The van der Waals surface area contributed by atoms with Crippen molar-refractivity contribution in [2.24, 2.45) is 0 Å². The summed E-state index contributed by atoms with van der Waals surface area (Å²) in [7, 11) is 0. The third-order valence-electron chi connectivity index (χ3n) is 2.72. The van der Waals surface area contributed by atoms with E-state index in [2.05, 4.69) is 41.1 Å². The molecule has 1 heterocycles. The molecular formula is C14H18N2O. The van der Waals surface area contributed by atoms with E-state index in [1.165, 1.54) is 22.7 Å². The van der Waals surface area contributed by atoms with Gasteiger partial charge < -0.3 is 15.0 Å². The first-order valence-corrected chi connectivity index (χ1v) is 5.90. The van der Waals surface area contributed by atoms with Gasteiger partial charge in [0.2, 0.25) is 0 Å². The smallest absolute Gasteiger partial charge is 0.0885 e. The van der Waals surface area contributed by atoms with Crippen LogP contribution in [0, 0.1) is 0 Å². The lowest BCUT2D eigenvalue weighted by atomic mass is 10.1. The molecule has 3 heteroatoms. The third kappa shape index (κ3) is 3.11. The molecule has 1 aromatic carbocycles. The maximum atomic E-state index is 5.06. The van der Waals surface area contributed by atoms with Crippen LogP contribution in [-0.2, 0) is 11.3 Å². The summed E-state index contributed by atoms with van der Waals surface area (Å²) in [4.78, 5) is 3.27. The highest BCUT2D eigenvalue weighted by atomic mass is 16.5. The lowest BCUT2D eigenvalue weighted by molar-refractivity contribution is 0.244. The Kier molecular flexibility index (Phi) is 4.22. The summed E-state index contributed by atoms with van der Waals surface area (Å²) in [6.07, 6.45) is 4.46. The summed E-state index contributed by atoms with van der Waals surface area (Å²) in [6, 6.07) is 8.45. The normalized spacial score (nSPS) is 10.6. The van der Waals surface area contributed by atoms with E-state index in [0.717, 1.165) is 26.1 Å². The van der Waals surface area contributed by atoms with Gasteiger partial charge in [-0.3, -0.25) is 0 Å². The van der Waals surface area contributed by atoms with Crippen LogP contribution in [0.3, 0.4) is 0 Å². The second kappa shape index (κ2) is 6.11. The summed E-state index contributed by atoms with van der Waals surface area (Å²) in [6.45, 7) is 6.06. The highest BCUT2D eigenvalue weighted by Gasteiger charge is 2.00. The number of para-hydroxylation sites is 1. The van der Waals surface area contributed by atoms with Crippen LogP contribution >= 0.6 is 0 Å². The molecule has 17 heavy (non-hydrogen) atoms. The topological polar surface area (TPSA) is 37.0 Å². The lowest BCUT2D eigenvalue weighted by Gasteiger charge is -2.06. The number of fused-ring (bicyclic) bond motifs is 1. The van der Waals surface area contributed by atoms with Crippen molar-refractivity contribution < 1.29 is 4.74 Å². The van der Waals surface area contributed by atoms with Gasteiger partial charge in [-0.1, -0.05) is 24.8 Å². The summed E-state index contributed by atoms with van der Waals surface area (Å²) in [5.41, 5.74) is 2.53. The molecule has 90 valence electrons. The van der Waals surface area contributed by atoms with E-state index in [9.17, 15) is 0 Å². The van der Waals surface area contributed by atoms with Crippen molar-refractivity contribution in [1.82, 2.24) is 10.3 Å². The van der Waals surface area contributed by atoms with E-state index >= 15 is 0 Å². The summed E-state index contributed by atoms with van der Waals surface area (Å²) in [5, 5.41) is 4.67. The molecule has 1 aromatic heterocycles. The van der Waals surface area contributed by atoms with Gasteiger partial charge in [0, 0.05) is 18.3 Å². The second-order valence-corrected chi connectivity index (χ2v) is 3.93. The zero-order valence-corrected chi connectivity index (χ0v) is 9.91. The van der Waals surface area contributed by atoms with Crippen LogP contribution in [0.4, 0.5) is 0 Å². The largest absolute Gasteiger partial charge is 0.502 e. The summed E-state index contributed by atoms with van der Waals surface area (Å²) >= 11 is 0. The van der Waals surface area contributed by atoms with Crippen LogP contribution in [0.5, 0.6) is 0 Å². The molecule has 2 N–H and O–H groups in total. The number of rotatable bonds is 7. The number of nitrogens with one attached hydrogen (secondary N) is 2. The standard InChI is InChI=1S/C14H18N2O/c1-2-17-10-4-8-15-11-13-6-3-5-12-7-9-16-14(12)13/h2-3,5-7,9,15-16H,1,4,8,10-11H2. The number of hydrogen-bond donors (Lipinski definition) is 2. The maximum Gasteiger partial charge on any atom is 0.0885 e. The first-order chi connectivity index (χ1) is 8.42. The molecule has 0 amide bonds. The summed E-state index contributed by atoms with van der Waals surface area (Å²) < 4.78 is 5.06. The van der Waals surface area contributed by atoms with Crippen LogP contribution in [0.25, 0.3) is 10.9 Å². The van der Waals surface area contributed by atoms with Crippen molar-refractivity contribution in [3.05, 3.63) is 48.9 Å². The fraction of sp³-hybridized carbons (Fsp3) is 0.286. The van der Waals surface area contributed by atoms with Crippen LogP contribution in [-0.4, -0.2) is 18.1 Å². The quantitative estimate of drug-likeness (QED) is 0.567. The van der Waals surface area contributed by atoms with Gasteiger partial charge in [0.1, 0.15) is 0 Å². The van der Waals surface area contributed by atoms with E-state index in [-0.39, 0.29) is 0 Å². The number of ether oxygens (including phenoxy) is 1. The van der Waals surface area contributed by atoms with Crippen molar-refractivity contribution >= 4 is 10.9 Å². The minimum Gasteiger partial charge on any atom is -0.502 e. The Balaban J connectivity index is 1.82. The highest BCUT2D eigenvalue weighted by molar-refractivity contribution is 5.82. The molecule has 0 aliphatic rings. The molecule has 0 aliphatic carbocycles. The molecule has 0 radical (unpaired) electrons. The fourth-order valence-electron chi connectivity index (χ4n) is 1.88. The SMILES string of the molecule is C=COCCCNCc1cccc2cc[nH]c12. The van der Waals surface area contributed by atoms with Crippen molar-refractivity contribution in [3.8, 4) is 0 Å². The predicted octanol–water partition coefficient (Wildman–Crippen LogP) is 2.81. The van der Waals surface area contributed by atoms with E-state index in [1.54, 1.807) is 0 Å². The molecular weight excluding hydrogens is 212 g/mol. The molecule has 2 rings (SSSR count). The Morgan fingerprint density at radius 1 is 1.35 bits per heavy atom. The average molecular weight is 230 g/mol. The van der Waals surface area contributed by atoms with Gasteiger partial charge >= 0.3 is 0 Å². The van der Waals surface area contributed by atoms with Crippen LogP contribution < -0.4 is 5.32 Å². The van der Waals surface area contributed by atoms with E-state index in [0.29, 0.717) is 0 Å². The minimum atomic E-state index is 0.725. The number of aromatic amines is 1. The lowest BCUT2D eigenvalue weighted by Crippen LogP contribution is -2.16. The average Bonchev–Trinajstić information content (AvgIpc) is 2.82. The van der Waals surface area contributed by atoms with E-state index in [4.69, 9.17) is 4.74 Å². The van der Waals surface area contributed by atoms with E-state index < -0.39 is 0 Å². The maximum absolute atomic E-state index is 5.06. The molecule has 0 bridgehead atoms. The zero-order chi connectivity index (χ0) is 11.9. The van der Waals surface area contributed by atoms with Crippen molar-refractivity contribution in [1.29, 1.82) is 0 Å². The third-order valence-corrected chi connectivity index (χ3v) is 2.72. The molecule has 0 fully saturated rings. The van der Waals surface area contributed by atoms with Crippen molar-refractivity contribution in [2.75, 3.05) is 13.2 Å². The molecule has 0 atom stereocenters. The number of aromatic nitrogens is 1. The Bertz CT molecular complexity index is 476. The molecule has 2 aromatic rings. The van der Waals surface area contributed by atoms with Gasteiger partial charge in [-0.05, 0) is 30.0 Å². The van der Waals surface area contributed by atoms with Crippen molar-refractivity contribution in [3.63, 3.8) is 0 Å². The van der Waals surface area contributed by atoms with Gasteiger partial charge in [-0.2, -0.15) is 0 Å². The molecule has 0 saturated heterocycles. The number of hydrogen-bond acceptors (Lipinski definition) is 2. The number of H-pyrrole nitrogens is 1. The molecule has 3 nitrogen and oxygen atoms in total. The summed E-state index contributed by atoms with van der Waals surface area (Å²) in [5.74, 6) is 0. The van der Waals surface area contributed by atoms with Gasteiger partial charge in [-0.25, -0.2) is 0 Å². The van der Waals surface area contributed by atoms with Gasteiger partial charge in [-0.15, -0.1) is 0 Å². The van der Waals surface area contributed by atoms with Crippen molar-refractivity contribution in [2.45, 2.75) is 13.0 Å². The first-order valence-electron chi connectivity index (χ1n) is 5.90. The van der Waals surface area contributed by atoms with Crippen LogP contribution in [0.1, 0.15) is 12.0 Å². The second-order valence-electron chi connectivity index (χ2n) is 3.93. The van der Waals surface area contributed by atoms with Gasteiger partial charge in [0.05, 0.1) is 12.9 Å². The van der Waals surface area contributed by atoms with Crippen LogP contribution in [0.2, 0.25) is 0 Å². The Labute approximate surface area is 101 Å². The van der Waals surface area contributed by atoms with Crippen LogP contribution in [0.15, 0.2) is 43.3 Å². The molecule has 0 saturated carbocycles. The predicted molar refractivity (Wildman–Crippen MR) is 70.8 cm³/mol. The zero-order valence-electron chi connectivity index (χ0n) is 9.91. The Morgan fingerprint density at radius 3 is 3.18 bits per heavy atom.